The molecule has 1 atom stereocenters. The number of nitrogens with two attached hydrogens (primary N) is 1. The lowest BCUT2D eigenvalue weighted by atomic mass is 9.91. The molecule has 0 aromatic rings. The van der Waals surface area contributed by atoms with Crippen LogP contribution in [-0.2, 0) is 0 Å². The Morgan fingerprint density at radius 3 is 2.64 bits per heavy atom. The van der Waals surface area contributed by atoms with Crippen LogP contribution in [-0.4, -0.2) is 31.1 Å². The maximum absolute atomic E-state index is 5.66. The van der Waals surface area contributed by atoms with E-state index in [0.29, 0.717) is 6.04 Å². The van der Waals surface area contributed by atoms with Gasteiger partial charge in [0.15, 0.2) is 0 Å². The van der Waals surface area contributed by atoms with Gasteiger partial charge in [-0.25, -0.2) is 0 Å². The SMILES string of the molecule is CN1CC2(CCC1CN)CC2. The van der Waals surface area contributed by atoms with E-state index >= 15 is 0 Å². The molecule has 1 saturated carbocycles. The van der Waals surface area contributed by atoms with Crippen molar-refractivity contribution in [1.82, 2.24) is 4.90 Å². The van der Waals surface area contributed by atoms with E-state index in [1.807, 2.05) is 0 Å². The van der Waals surface area contributed by atoms with Gasteiger partial charge in [0.1, 0.15) is 0 Å². The molecule has 2 nitrogen and oxygen atoms in total. The summed E-state index contributed by atoms with van der Waals surface area (Å²) in [5, 5.41) is 0. The van der Waals surface area contributed by atoms with Gasteiger partial charge < -0.3 is 10.6 Å². The van der Waals surface area contributed by atoms with Crippen molar-refractivity contribution in [3.63, 3.8) is 0 Å². The van der Waals surface area contributed by atoms with E-state index in [9.17, 15) is 0 Å². The number of hydrogen-bond donors (Lipinski definition) is 1. The molecular formula is C9H18N2. The molecule has 2 aliphatic rings. The van der Waals surface area contributed by atoms with Crippen LogP contribution in [0.2, 0.25) is 0 Å². The Bertz CT molecular complexity index is 152. The highest BCUT2D eigenvalue weighted by Gasteiger charge is 2.46. The van der Waals surface area contributed by atoms with Gasteiger partial charge in [0.05, 0.1) is 0 Å². The molecule has 1 aliphatic carbocycles. The largest absolute Gasteiger partial charge is 0.329 e. The normalized spacial score (nSPS) is 36.0. The van der Waals surface area contributed by atoms with E-state index in [1.165, 1.54) is 32.2 Å². The minimum Gasteiger partial charge on any atom is -0.329 e. The zero-order valence-electron chi connectivity index (χ0n) is 7.34. The molecule has 1 saturated heterocycles. The van der Waals surface area contributed by atoms with Gasteiger partial charge in [-0.15, -0.1) is 0 Å². The minimum atomic E-state index is 0.668. The van der Waals surface area contributed by atoms with E-state index in [-0.39, 0.29) is 0 Å². The molecule has 64 valence electrons. The van der Waals surface area contributed by atoms with E-state index in [2.05, 4.69) is 11.9 Å². The van der Waals surface area contributed by atoms with Crippen molar-refractivity contribution in [3.05, 3.63) is 0 Å². The minimum absolute atomic E-state index is 0.668. The first-order valence-electron chi connectivity index (χ1n) is 4.66. The smallest absolute Gasteiger partial charge is 0.0215 e. The summed E-state index contributed by atoms with van der Waals surface area (Å²) in [5.74, 6) is 0. The summed E-state index contributed by atoms with van der Waals surface area (Å²) < 4.78 is 0. The van der Waals surface area contributed by atoms with Crippen LogP contribution >= 0.6 is 0 Å². The van der Waals surface area contributed by atoms with Crippen LogP contribution in [0.15, 0.2) is 0 Å². The van der Waals surface area contributed by atoms with Crippen LogP contribution in [0.25, 0.3) is 0 Å². The molecule has 0 bridgehead atoms. The van der Waals surface area contributed by atoms with Crippen LogP contribution in [0.3, 0.4) is 0 Å². The maximum atomic E-state index is 5.66. The van der Waals surface area contributed by atoms with Crippen molar-refractivity contribution in [3.8, 4) is 0 Å². The number of piperidine rings is 1. The van der Waals surface area contributed by atoms with Crippen molar-refractivity contribution >= 4 is 0 Å². The second kappa shape index (κ2) is 2.46. The molecule has 0 aromatic carbocycles. The van der Waals surface area contributed by atoms with Crippen molar-refractivity contribution in [2.75, 3.05) is 20.1 Å². The number of hydrogen-bond acceptors (Lipinski definition) is 2. The lowest BCUT2D eigenvalue weighted by Crippen LogP contribution is -2.45. The third-order valence-electron chi connectivity index (χ3n) is 3.45. The Morgan fingerprint density at radius 1 is 1.45 bits per heavy atom. The molecule has 1 spiro atoms. The van der Waals surface area contributed by atoms with Crippen LogP contribution in [0, 0.1) is 5.41 Å². The molecule has 2 fully saturated rings. The van der Waals surface area contributed by atoms with E-state index in [1.54, 1.807) is 0 Å². The highest BCUT2D eigenvalue weighted by atomic mass is 15.2. The summed E-state index contributed by atoms with van der Waals surface area (Å²) in [6.45, 7) is 2.14. The fourth-order valence-electron chi connectivity index (χ4n) is 2.31. The molecule has 11 heavy (non-hydrogen) atoms. The standard InChI is InChI=1S/C9H18N2/c1-11-7-9(4-5-9)3-2-8(11)6-10/h8H,2-7,10H2,1H3. The first-order valence-corrected chi connectivity index (χ1v) is 4.66. The van der Waals surface area contributed by atoms with E-state index in [0.717, 1.165) is 12.0 Å². The zero-order valence-corrected chi connectivity index (χ0v) is 7.34. The first-order chi connectivity index (χ1) is 5.26. The molecule has 1 unspecified atom stereocenters. The van der Waals surface area contributed by atoms with Gasteiger partial charge in [0.2, 0.25) is 0 Å². The topological polar surface area (TPSA) is 29.3 Å². The molecular weight excluding hydrogens is 136 g/mol. The molecule has 2 rings (SSSR count). The number of likely N-dealkylation sites (tertiary alicyclic amines) is 1. The quantitative estimate of drug-likeness (QED) is 0.606. The summed E-state index contributed by atoms with van der Waals surface area (Å²) >= 11 is 0. The van der Waals surface area contributed by atoms with Gasteiger partial charge >= 0.3 is 0 Å². The Hall–Kier alpha value is -0.0800. The fraction of sp³-hybridized carbons (Fsp3) is 1.00. The van der Waals surface area contributed by atoms with Crippen molar-refractivity contribution < 1.29 is 0 Å². The highest BCUT2D eigenvalue weighted by Crippen LogP contribution is 2.52. The van der Waals surface area contributed by atoms with E-state index in [4.69, 9.17) is 5.73 Å². The maximum Gasteiger partial charge on any atom is 0.0215 e. The average Bonchev–Trinajstić information content (AvgIpc) is 2.70. The summed E-state index contributed by atoms with van der Waals surface area (Å²) in [6, 6.07) is 0.668. The second-order valence-corrected chi connectivity index (χ2v) is 4.34. The Kier molecular flexibility index (Phi) is 1.69. The fourth-order valence-corrected chi connectivity index (χ4v) is 2.31. The molecule has 2 heteroatoms. The van der Waals surface area contributed by atoms with Gasteiger partial charge in [0.25, 0.3) is 0 Å². The molecule has 1 heterocycles. The van der Waals surface area contributed by atoms with Gasteiger partial charge in [-0.2, -0.15) is 0 Å². The van der Waals surface area contributed by atoms with Crippen LogP contribution in [0.1, 0.15) is 25.7 Å². The first kappa shape index (κ1) is 7.56. The van der Waals surface area contributed by atoms with Crippen molar-refractivity contribution in [2.45, 2.75) is 31.7 Å². The highest BCUT2D eigenvalue weighted by molar-refractivity contribution is 4.99. The molecule has 0 radical (unpaired) electrons. The third kappa shape index (κ3) is 1.30. The second-order valence-electron chi connectivity index (χ2n) is 4.34. The van der Waals surface area contributed by atoms with Crippen molar-refractivity contribution in [1.29, 1.82) is 0 Å². The van der Waals surface area contributed by atoms with Crippen LogP contribution in [0.5, 0.6) is 0 Å². The number of rotatable bonds is 1. The van der Waals surface area contributed by atoms with Crippen LogP contribution in [0.4, 0.5) is 0 Å². The van der Waals surface area contributed by atoms with Crippen molar-refractivity contribution in [2.24, 2.45) is 11.1 Å². The predicted octanol–water partition coefficient (Wildman–Crippen LogP) is 0.819. The van der Waals surface area contributed by atoms with Gasteiger partial charge in [-0.1, -0.05) is 0 Å². The molecule has 0 aromatic heterocycles. The van der Waals surface area contributed by atoms with Gasteiger partial charge in [-0.3, -0.25) is 0 Å². The third-order valence-corrected chi connectivity index (χ3v) is 3.45. The number of nitrogens with zero attached hydrogens (tertiary/aromatic N) is 1. The van der Waals surface area contributed by atoms with Crippen LogP contribution < -0.4 is 5.73 Å². The summed E-state index contributed by atoms with van der Waals surface area (Å²) in [6.07, 6.45) is 5.69. The lowest BCUT2D eigenvalue weighted by Gasteiger charge is -2.36. The summed E-state index contributed by atoms with van der Waals surface area (Å²) in [5.41, 5.74) is 6.41. The van der Waals surface area contributed by atoms with E-state index < -0.39 is 0 Å². The van der Waals surface area contributed by atoms with Gasteiger partial charge in [0, 0.05) is 19.1 Å². The Morgan fingerprint density at radius 2 is 2.18 bits per heavy atom. The summed E-state index contributed by atoms with van der Waals surface area (Å²) in [4.78, 5) is 2.45. The monoisotopic (exact) mass is 154 g/mol. The lowest BCUT2D eigenvalue weighted by molar-refractivity contribution is 0.130. The Balaban J connectivity index is 1.94. The molecule has 0 amide bonds. The average molecular weight is 154 g/mol. The Labute approximate surface area is 68.7 Å². The summed E-state index contributed by atoms with van der Waals surface area (Å²) in [7, 11) is 2.22. The zero-order chi connectivity index (χ0) is 7.90. The molecule has 2 N–H and O–H groups in total. The number of likely N-dealkylation sites (N-methyl/N-ethyl adjacent to an activating group) is 1. The molecule has 1 aliphatic heterocycles. The predicted molar refractivity (Wildman–Crippen MR) is 46.4 cm³/mol. The van der Waals surface area contributed by atoms with Gasteiger partial charge in [-0.05, 0) is 38.1 Å².